The highest BCUT2D eigenvalue weighted by Gasteiger charge is 2.10. The van der Waals surface area contributed by atoms with Crippen molar-refractivity contribution in [1.29, 1.82) is 0 Å². The molecule has 0 aliphatic heterocycles. The second kappa shape index (κ2) is 8.30. The maximum absolute atomic E-state index is 2.37. The monoisotopic (exact) mass is 480 g/mol. The Morgan fingerprint density at radius 1 is 0.211 bits per heavy atom. The fourth-order valence-corrected chi connectivity index (χ4v) is 6.16. The van der Waals surface area contributed by atoms with Crippen molar-refractivity contribution in [3.8, 4) is 22.3 Å². The van der Waals surface area contributed by atoms with Crippen molar-refractivity contribution in [2.75, 3.05) is 0 Å². The van der Waals surface area contributed by atoms with Gasteiger partial charge in [-0.25, -0.2) is 0 Å². The Morgan fingerprint density at radius 2 is 0.658 bits per heavy atom. The standard InChI is InChI=1S/C38H24/c1-2-11-31-25(8-1)16-17-30-23-28(18-20-32(30)31)26-9-7-10-27(22-26)29-19-21-37-35-14-4-3-12-33(35)34-13-5-6-15-36(34)38(37)24-29/h1-24H. The third-order valence-electron chi connectivity index (χ3n) is 8.02. The molecule has 0 saturated carbocycles. The Balaban J connectivity index is 1.29. The topological polar surface area (TPSA) is 0 Å². The van der Waals surface area contributed by atoms with E-state index >= 15 is 0 Å². The Labute approximate surface area is 221 Å². The van der Waals surface area contributed by atoms with Crippen LogP contribution in [0.15, 0.2) is 146 Å². The molecule has 0 fully saturated rings. The highest BCUT2D eigenvalue weighted by molar-refractivity contribution is 6.25. The fraction of sp³-hybridized carbons (Fsp3) is 0. The Morgan fingerprint density at radius 3 is 1.34 bits per heavy atom. The van der Waals surface area contributed by atoms with Gasteiger partial charge in [0.05, 0.1) is 0 Å². The first-order valence-corrected chi connectivity index (χ1v) is 13.2. The number of benzene rings is 8. The lowest BCUT2D eigenvalue weighted by Gasteiger charge is -2.13. The van der Waals surface area contributed by atoms with Crippen LogP contribution in [0.1, 0.15) is 0 Å². The van der Waals surface area contributed by atoms with E-state index in [1.807, 2.05) is 0 Å². The summed E-state index contributed by atoms with van der Waals surface area (Å²) >= 11 is 0. The summed E-state index contributed by atoms with van der Waals surface area (Å²) in [5, 5.41) is 13.0. The first kappa shape index (κ1) is 21.2. The summed E-state index contributed by atoms with van der Waals surface area (Å²) in [5.74, 6) is 0. The van der Waals surface area contributed by atoms with Gasteiger partial charge in [0, 0.05) is 0 Å². The molecule has 0 aliphatic rings. The summed E-state index contributed by atoms with van der Waals surface area (Å²) in [5.41, 5.74) is 4.96. The predicted molar refractivity (Wildman–Crippen MR) is 165 cm³/mol. The van der Waals surface area contributed by atoms with E-state index in [4.69, 9.17) is 0 Å². The molecule has 0 radical (unpaired) electrons. The minimum absolute atomic E-state index is 1.24. The van der Waals surface area contributed by atoms with Crippen LogP contribution in [0, 0.1) is 0 Å². The maximum atomic E-state index is 2.37. The molecule has 0 bridgehead atoms. The zero-order valence-electron chi connectivity index (χ0n) is 20.9. The molecule has 0 aromatic heterocycles. The number of rotatable bonds is 2. The van der Waals surface area contributed by atoms with E-state index in [2.05, 4.69) is 146 Å². The van der Waals surface area contributed by atoms with Gasteiger partial charge in [-0.05, 0) is 94.3 Å². The average Bonchev–Trinajstić information content (AvgIpc) is 3.00. The predicted octanol–water partition coefficient (Wildman–Crippen LogP) is 10.8. The van der Waals surface area contributed by atoms with Gasteiger partial charge in [-0.1, -0.05) is 127 Å². The van der Waals surface area contributed by atoms with Crippen LogP contribution in [0.25, 0.3) is 76.1 Å². The molecule has 8 rings (SSSR count). The van der Waals surface area contributed by atoms with E-state index < -0.39 is 0 Å². The van der Waals surface area contributed by atoms with Gasteiger partial charge in [-0.2, -0.15) is 0 Å². The first-order valence-electron chi connectivity index (χ1n) is 13.2. The van der Waals surface area contributed by atoms with E-state index in [9.17, 15) is 0 Å². The van der Waals surface area contributed by atoms with Crippen LogP contribution in [-0.4, -0.2) is 0 Å². The van der Waals surface area contributed by atoms with Crippen molar-refractivity contribution in [3.05, 3.63) is 146 Å². The molecule has 8 aromatic rings. The van der Waals surface area contributed by atoms with Crippen molar-refractivity contribution in [2.45, 2.75) is 0 Å². The van der Waals surface area contributed by atoms with Crippen molar-refractivity contribution in [2.24, 2.45) is 0 Å². The van der Waals surface area contributed by atoms with Gasteiger partial charge < -0.3 is 0 Å². The summed E-state index contributed by atoms with van der Waals surface area (Å²) in [6.07, 6.45) is 0. The SMILES string of the molecule is c1cc(-c2ccc3c(ccc4ccccc43)c2)cc(-c2ccc3c4ccccc4c4ccccc4c3c2)c1. The minimum Gasteiger partial charge on any atom is -0.0616 e. The summed E-state index contributed by atoms with van der Waals surface area (Å²) < 4.78 is 0. The van der Waals surface area contributed by atoms with Gasteiger partial charge in [0.25, 0.3) is 0 Å². The number of hydrogen-bond acceptors (Lipinski definition) is 0. The second-order valence-corrected chi connectivity index (χ2v) is 10.2. The molecular weight excluding hydrogens is 456 g/mol. The molecule has 0 atom stereocenters. The summed E-state index contributed by atoms with van der Waals surface area (Å²) in [4.78, 5) is 0. The molecule has 0 nitrogen and oxygen atoms in total. The first-order chi connectivity index (χ1) is 18.8. The van der Waals surface area contributed by atoms with Crippen LogP contribution in [0.5, 0.6) is 0 Å². The summed E-state index contributed by atoms with van der Waals surface area (Å²) in [7, 11) is 0. The molecule has 0 aliphatic carbocycles. The quantitative estimate of drug-likeness (QED) is 0.216. The van der Waals surface area contributed by atoms with Gasteiger partial charge in [-0.3, -0.25) is 0 Å². The van der Waals surface area contributed by atoms with E-state index in [1.165, 1.54) is 76.1 Å². The van der Waals surface area contributed by atoms with E-state index in [-0.39, 0.29) is 0 Å². The molecule has 176 valence electrons. The van der Waals surface area contributed by atoms with Crippen molar-refractivity contribution >= 4 is 53.9 Å². The molecule has 0 saturated heterocycles. The van der Waals surface area contributed by atoms with Crippen LogP contribution < -0.4 is 0 Å². The lowest BCUT2D eigenvalue weighted by atomic mass is 9.91. The highest BCUT2D eigenvalue weighted by atomic mass is 14.1. The van der Waals surface area contributed by atoms with Gasteiger partial charge in [0.2, 0.25) is 0 Å². The van der Waals surface area contributed by atoms with Crippen LogP contribution in [0.3, 0.4) is 0 Å². The normalized spacial score (nSPS) is 11.7. The zero-order valence-corrected chi connectivity index (χ0v) is 20.9. The van der Waals surface area contributed by atoms with E-state index in [1.54, 1.807) is 0 Å². The van der Waals surface area contributed by atoms with E-state index in [0.29, 0.717) is 0 Å². The molecule has 0 spiro atoms. The van der Waals surface area contributed by atoms with Crippen molar-refractivity contribution in [3.63, 3.8) is 0 Å². The van der Waals surface area contributed by atoms with Gasteiger partial charge in [0.1, 0.15) is 0 Å². The highest BCUT2D eigenvalue weighted by Crippen LogP contribution is 2.38. The Bertz CT molecular complexity index is 2150. The number of fused-ring (bicyclic) bond motifs is 9. The van der Waals surface area contributed by atoms with Crippen LogP contribution in [0.2, 0.25) is 0 Å². The lowest BCUT2D eigenvalue weighted by Crippen LogP contribution is -1.86. The molecule has 0 amide bonds. The summed E-state index contributed by atoms with van der Waals surface area (Å²) in [6, 6.07) is 53.4. The molecule has 0 N–H and O–H groups in total. The van der Waals surface area contributed by atoms with Gasteiger partial charge >= 0.3 is 0 Å². The van der Waals surface area contributed by atoms with Gasteiger partial charge in [0.15, 0.2) is 0 Å². The third-order valence-corrected chi connectivity index (χ3v) is 8.02. The van der Waals surface area contributed by atoms with Crippen LogP contribution >= 0.6 is 0 Å². The molecule has 38 heavy (non-hydrogen) atoms. The average molecular weight is 481 g/mol. The maximum Gasteiger partial charge on any atom is -0.00928 e. The van der Waals surface area contributed by atoms with Crippen LogP contribution in [-0.2, 0) is 0 Å². The number of hydrogen-bond donors (Lipinski definition) is 0. The molecular formula is C38H24. The van der Waals surface area contributed by atoms with E-state index in [0.717, 1.165) is 0 Å². The zero-order chi connectivity index (χ0) is 25.1. The fourth-order valence-electron chi connectivity index (χ4n) is 6.16. The molecule has 8 aromatic carbocycles. The van der Waals surface area contributed by atoms with Crippen molar-refractivity contribution < 1.29 is 0 Å². The Hall–Kier alpha value is -4.94. The van der Waals surface area contributed by atoms with Crippen LogP contribution in [0.4, 0.5) is 0 Å². The second-order valence-electron chi connectivity index (χ2n) is 10.2. The third kappa shape index (κ3) is 3.24. The smallest absolute Gasteiger partial charge is 0.00928 e. The minimum atomic E-state index is 1.24. The lowest BCUT2D eigenvalue weighted by molar-refractivity contribution is 1.62. The Kier molecular flexibility index (Phi) is 4.62. The van der Waals surface area contributed by atoms with Gasteiger partial charge in [-0.15, -0.1) is 0 Å². The molecule has 0 heterocycles. The van der Waals surface area contributed by atoms with Crippen molar-refractivity contribution in [1.82, 2.24) is 0 Å². The molecule has 0 heteroatoms. The largest absolute Gasteiger partial charge is 0.0616 e. The molecule has 0 unspecified atom stereocenters. The summed E-state index contributed by atoms with van der Waals surface area (Å²) in [6.45, 7) is 0.